The minimum Gasteiger partial charge on any atom is -0.400 e. The topological polar surface area (TPSA) is 18.5 Å². The fraction of sp³-hybridized carbons (Fsp3) is 1.00. The highest BCUT2D eigenvalue weighted by Crippen LogP contribution is 2.15. The Hall–Kier alpha value is 0.137. The van der Waals surface area contributed by atoms with Gasteiger partial charge in [0.05, 0.1) is 0 Å². The van der Waals surface area contributed by atoms with Crippen LogP contribution in [-0.4, -0.2) is 23.5 Å². The van der Waals surface area contributed by atoms with Crippen molar-refractivity contribution in [2.24, 2.45) is 0 Å². The van der Waals surface area contributed by atoms with Crippen molar-refractivity contribution in [2.75, 3.05) is 14.2 Å². The normalized spacial score (nSPS) is 11.5. The van der Waals surface area contributed by atoms with Crippen LogP contribution in [0.1, 0.15) is 122 Å². The summed E-state index contributed by atoms with van der Waals surface area (Å²) in [5.74, 6) is 0. The van der Waals surface area contributed by atoms with E-state index < -0.39 is 9.28 Å². The lowest BCUT2D eigenvalue weighted by atomic mass is 10.0. The van der Waals surface area contributed by atoms with Gasteiger partial charge in [-0.15, -0.1) is 0 Å². The third-order valence-electron chi connectivity index (χ3n) is 5.32. The van der Waals surface area contributed by atoms with Gasteiger partial charge in [-0.2, -0.15) is 0 Å². The molecule has 0 fully saturated rings. The molecule has 0 aromatic rings. The summed E-state index contributed by atoms with van der Waals surface area (Å²) in [6, 6.07) is 1.17. The van der Waals surface area contributed by atoms with Crippen molar-refractivity contribution < 1.29 is 8.85 Å². The van der Waals surface area contributed by atoms with Gasteiger partial charge in [0.1, 0.15) is 0 Å². The second kappa shape index (κ2) is 22.2. The molecule has 0 spiro atoms. The first-order valence-corrected chi connectivity index (χ1v) is 13.2. The van der Waals surface area contributed by atoms with Gasteiger partial charge >= 0.3 is 9.28 Å². The van der Waals surface area contributed by atoms with E-state index in [0.717, 1.165) is 0 Å². The SMILES string of the molecule is CCCCCCCCCCCCCCCCCCCC[SiH](OC)OC. The molecule has 0 aromatic heterocycles. The second-order valence-electron chi connectivity index (χ2n) is 7.70. The summed E-state index contributed by atoms with van der Waals surface area (Å²) in [6.07, 6.45) is 25.8. The molecule has 3 heteroatoms. The Morgan fingerprint density at radius 1 is 0.440 bits per heavy atom. The standard InChI is InChI=1S/C22H48O2Si/c1-4-5-6-7-8-9-10-11-12-13-14-15-16-17-18-19-20-21-22-25(23-2)24-3/h25H,4-22H2,1-3H3. The highest BCUT2D eigenvalue weighted by molar-refractivity contribution is 6.44. The molecule has 0 saturated heterocycles. The first kappa shape index (κ1) is 25.1. The van der Waals surface area contributed by atoms with Crippen molar-refractivity contribution in [3.63, 3.8) is 0 Å². The predicted octanol–water partition coefficient (Wildman–Crippen LogP) is 7.54. The molecule has 0 aliphatic rings. The predicted molar refractivity (Wildman–Crippen MR) is 115 cm³/mol. The van der Waals surface area contributed by atoms with Gasteiger partial charge in [0.2, 0.25) is 0 Å². The molecule has 0 aromatic carbocycles. The quantitative estimate of drug-likeness (QED) is 0.153. The summed E-state index contributed by atoms with van der Waals surface area (Å²) in [6.45, 7) is 2.29. The van der Waals surface area contributed by atoms with Crippen LogP contribution in [0.4, 0.5) is 0 Å². The fourth-order valence-corrected chi connectivity index (χ4v) is 4.83. The Morgan fingerprint density at radius 2 is 0.720 bits per heavy atom. The van der Waals surface area contributed by atoms with Gasteiger partial charge in [-0.3, -0.25) is 0 Å². The lowest BCUT2D eigenvalue weighted by molar-refractivity contribution is 0.276. The van der Waals surface area contributed by atoms with E-state index in [0.29, 0.717) is 0 Å². The molecule has 0 rings (SSSR count). The minimum absolute atomic E-state index is 1.17. The van der Waals surface area contributed by atoms with Gasteiger partial charge in [-0.25, -0.2) is 0 Å². The van der Waals surface area contributed by atoms with Crippen LogP contribution in [0.15, 0.2) is 0 Å². The van der Waals surface area contributed by atoms with E-state index in [9.17, 15) is 0 Å². The van der Waals surface area contributed by atoms with Crippen LogP contribution in [-0.2, 0) is 8.85 Å². The molecule has 2 nitrogen and oxygen atoms in total. The highest BCUT2D eigenvalue weighted by Gasteiger charge is 2.07. The average Bonchev–Trinajstić information content (AvgIpc) is 2.64. The Bertz CT molecular complexity index is 232. The van der Waals surface area contributed by atoms with Crippen LogP contribution >= 0.6 is 0 Å². The minimum atomic E-state index is -1.29. The van der Waals surface area contributed by atoms with Crippen molar-refractivity contribution in [1.82, 2.24) is 0 Å². The summed E-state index contributed by atoms with van der Waals surface area (Å²) in [5, 5.41) is 0. The Balaban J connectivity index is 3.03. The van der Waals surface area contributed by atoms with E-state index >= 15 is 0 Å². The summed E-state index contributed by atoms with van der Waals surface area (Å²) in [4.78, 5) is 0. The summed E-state index contributed by atoms with van der Waals surface area (Å²) < 4.78 is 10.7. The molecule has 0 bridgehead atoms. The van der Waals surface area contributed by atoms with E-state index in [1.165, 1.54) is 122 Å². The molecule has 0 aliphatic heterocycles. The van der Waals surface area contributed by atoms with E-state index in [1.54, 1.807) is 14.2 Å². The maximum Gasteiger partial charge on any atom is 0.320 e. The molecular weight excluding hydrogens is 324 g/mol. The summed E-state index contributed by atoms with van der Waals surface area (Å²) >= 11 is 0. The van der Waals surface area contributed by atoms with Crippen molar-refractivity contribution >= 4 is 9.28 Å². The number of unbranched alkanes of at least 4 members (excludes halogenated alkanes) is 17. The zero-order chi connectivity index (χ0) is 18.4. The van der Waals surface area contributed by atoms with Gasteiger partial charge in [0.15, 0.2) is 0 Å². The van der Waals surface area contributed by atoms with Crippen molar-refractivity contribution in [2.45, 2.75) is 129 Å². The average molecular weight is 373 g/mol. The molecule has 0 amide bonds. The first-order valence-electron chi connectivity index (χ1n) is 11.4. The van der Waals surface area contributed by atoms with Gasteiger partial charge in [-0.1, -0.05) is 122 Å². The molecule has 0 saturated carbocycles. The van der Waals surface area contributed by atoms with Crippen LogP contribution in [0.5, 0.6) is 0 Å². The lowest BCUT2D eigenvalue weighted by Crippen LogP contribution is -2.18. The maximum absolute atomic E-state index is 5.35. The zero-order valence-corrected chi connectivity index (χ0v) is 19.0. The molecule has 0 aliphatic carbocycles. The second-order valence-corrected chi connectivity index (χ2v) is 10.1. The van der Waals surface area contributed by atoms with Crippen LogP contribution < -0.4 is 0 Å². The lowest BCUT2D eigenvalue weighted by Gasteiger charge is -2.10. The molecule has 152 valence electrons. The molecule has 0 radical (unpaired) electrons. The van der Waals surface area contributed by atoms with E-state index in [4.69, 9.17) is 8.85 Å². The Morgan fingerprint density at radius 3 is 1.00 bits per heavy atom. The molecule has 0 unspecified atom stereocenters. The van der Waals surface area contributed by atoms with Crippen LogP contribution in [0.3, 0.4) is 0 Å². The molecule has 0 N–H and O–H groups in total. The van der Waals surface area contributed by atoms with E-state index in [-0.39, 0.29) is 0 Å². The van der Waals surface area contributed by atoms with E-state index in [2.05, 4.69) is 6.92 Å². The Labute approximate surface area is 161 Å². The van der Waals surface area contributed by atoms with Crippen LogP contribution in [0, 0.1) is 0 Å². The largest absolute Gasteiger partial charge is 0.400 e. The van der Waals surface area contributed by atoms with Crippen molar-refractivity contribution in [1.29, 1.82) is 0 Å². The summed E-state index contributed by atoms with van der Waals surface area (Å²) in [5.41, 5.74) is 0. The summed E-state index contributed by atoms with van der Waals surface area (Å²) in [7, 11) is 2.29. The van der Waals surface area contributed by atoms with Gasteiger partial charge in [0.25, 0.3) is 0 Å². The van der Waals surface area contributed by atoms with Gasteiger partial charge in [0, 0.05) is 14.2 Å². The number of hydrogen-bond donors (Lipinski definition) is 0. The van der Waals surface area contributed by atoms with Crippen molar-refractivity contribution in [3.05, 3.63) is 0 Å². The molecule has 25 heavy (non-hydrogen) atoms. The van der Waals surface area contributed by atoms with Crippen LogP contribution in [0.25, 0.3) is 0 Å². The molecule has 0 atom stereocenters. The van der Waals surface area contributed by atoms with Gasteiger partial charge < -0.3 is 8.85 Å². The Kier molecular flexibility index (Phi) is 22.3. The first-order chi connectivity index (χ1) is 12.3. The van der Waals surface area contributed by atoms with Crippen LogP contribution in [0.2, 0.25) is 6.04 Å². The monoisotopic (exact) mass is 372 g/mol. The highest BCUT2D eigenvalue weighted by atomic mass is 28.3. The smallest absolute Gasteiger partial charge is 0.320 e. The third kappa shape index (κ3) is 20.3. The maximum atomic E-state index is 5.35. The van der Waals surface area contributed by atoms with Gasteiger partial charge in [-0.05, 0) is 6.04 Å². The van der Waals surface area contributed by atoms with Crippen molar-refractivity contribution in [3.8, 4) is 0 Å². The number of hydrogen-bond acceptors (Lipinski definition) is 2. The molecular formula is C22H48O2Si. The zero-order valence-electron chi connectivity index (χ0n) is 17.8. The third-order valence-corrected chi connectivity index (χ3v) is 7.25. The van der Waals surface area contributed by atoms with E-state index in [1.807, 2.05) is 0 Å². The number of rotatable bonds is 21. The molecule has 0 heterocycles. The fourth-order valence-electron chi connectivity index (χ4n) is 3.54.